The van der Waals surface area contributed by atoms with Gasteiger partial charge in [0.25, 0.3) is 0 Å². The molecule has 172 valence electrons. The van der Waals surface area contributed by atoms with Gasteiger partial charge in [-0.3, -0.25) is 4.79 Å². The van der Waals surface area contributed by atoms with Crippen molar-refractivity contribution in [1.82, 2.24) is 4.90 Å². The normalized spacial score (nSPS) is 19.8. The summed E-state index contributed by atoms with van der Waals surface area (Å²) in [6.07, 6.45) is 8.32. The predicted molar refractivity (Wildman–Crippen MR) is 131 cm³/mol. The van der Waals surface area contributed by atoms with Gasteiger partial charge >= 0.3 is 0 Å². The second kappa shape index (κ2) is 13.8. The van der Waals surface area contributed by atoms with E-state index in [1.807, 2.05) is 30.0 Å². The summed E-state index contributed by atoms with van der Waals surface area (Å²) in [5.74, 6) is 0.230. The summed E-state index contributed by atoms with van der Waals surface area (Å²) in [4.78, 5) is 17.1. The van der Waals surface area contributed by atoms with Crippen LogP contribution in [-0.4, -0.2) is 42.7 Å². The Balaban J connectivity index is 0.000000323. The van der Waals surface area contributed by atoms with E-state index in [1.165, 1.54) is 18.0 Å². The van der Waals surface area contributed by atoms with Gasteiger partial charge < -0.3 is 9.80 Å². The van der Waals surface area contributed by atoms with Crippen molar-refractivity contribution in [3.8, 4) is 0 Å². The summed E-state index contributed by atoms with van der Waals surface area (Å²) in [7, 11) is 0. The summed E-state index contributed by atoms with van der Waals surface area (Å²) in [6, 6.07) is 21.1. The second-order valence-corrected chi connectivity index (χ2v) is 7.75. The van der Waals surface area contributed by atoms with Crippen LogP contribution in [0.1, 0.15) is 31.7 Å². The lowest BCUT2D eigenvalue weighted by atomic mass is 10.0. The van der Waals surface area contributed by atoms with Gasteiger partial charge in [-0.05, 0) is 58.7 Å². The molecule has 0 spiro atoms. The van der Waals surface area contributed by atoms with Gasteiger partial charge in [-0.2, -0.15) is 0 Å². The van der Waals surface area contributed by atoms with Crippen LogP contribution in [-0.2, 0) is 11.2 Å². The number of carbonyl (C=O) groups is 1. The molecule has 0 bridgehead atoms. The maximum absolute atomic E-state index is 12.5. The molecular formula is C25H31N7O. The Labute approximate surface area is 195 Å². The Morgan fingerprint density at radius 1 is 0.970 bits per heavy atom. The topological polar surface area (TPSA) is 85.3 Å². The van der Waals surface area contributed by atoms with Crippen LogP contribution in [0.3, 0.4) is 0 Å². The minimum absolute atomic E-state index is 0.230. The molecule has 2 aromatic carbocycles. The molecule has 0 aromatic heterocycles. The molecule has 4 rings (SSSR count). The molecule has 2 aromatic rings. The van der Waals surface area contributed by atoms with Gasteiger partial charge in [-0.15, -0.1) is 10.2 Å². The van der Waals surface area contributed by atoms with Crippen molar-refractivity contribution >= 4 is 17.8 Å². The third-order valence-electron chi connectivity index (χ3n) is 5.58. The summed E-state index contributed by atoms with van der Waals surface area (Å²) < 4.78 is 0. The molecule has 1 saturated heterocycles. The lowest BCUT2D eigenvalue weighted by Crippen LogP contribution is -2.47. The van der Waals surface area contributed by atoms with Gasteiger partial charge in [-0.25, -0.2) is 0 Å². The third-order valence-corrected chi connectivity index (χ3v) is 5.58. The summed E-state index contributed by atoms with van der Waals surface area (Å²) in [5, 5.41) is 16.4. The number of para-hydroxylation sites is 1. The van der Waals surface area contributed by atoms with Crippen LogP contribution in [0, 0.1) is 0 Å². The molecule has 1 fully saturated rings. The van der Waals surface area contributed by atoms with Crippen LogP contribution < -0.4 is 4.90 Å². The van der Waals surface area contributed by atoms with E-state index in [2.05, 4.69) is 73.2 Å². The maximum Gasteiger partial charge on any atom is 0.226 e. The average Bonchev–Trinajstić information content (AvgIpc) is 2.85. The molecule has 2 aliphatic rings. The predicted octanol–water partition coefficient (Wildman–Crippen LogP) is 5.46. The van der Waals surface area contributed by atoms with Crippen molar-refractivity contribution < 1.29 is 4.79 Å². The largest absolute Gasteiger partial charge is 0.309 e. The van der Waals surface area contributed by atoms with E-state index in [4.69, 9.17) is 0 Å². The highest BCUT2D eigenvalue weighted by molar-refractivity contribution is 5.93. The first kappa shape index (κ1) is 24.1. The number of hydrogen-bond donors (Lipinski definition) is 0. The van der Waals surface area contributed by atoms with Gasteiger partial charge in [0.1, 0.15) is 0 Å². The van der Waals surface area contributed by atoms with Crippen molar-refractivity contribution in [2.45, 2.75) is 38.6 Å². The monoisotopic (exact) mass is 445 g/mol. The van der Waals surface area contributed by atoms with Crippen molar-refractivity contribution in [3.63, 3.8) is 0 Å². The number of anilines is 1. The lowest BCUT2D eigenvalue weighted by Gasteiger charge is -2.38. The molecule has 1 amide bonds. The maximum atomic E-state index is 12.5. The van der Waals surface area contributed by atoms with E-state index < -0.39 is 0 Å². The highest BCUT2D eigenvalue weighted by atomic mass is 16.2. The number of amides is 1. The fraction of sp³-hybridized carbons (Fsp3) is 0.360. The van der Waals surface area contributed by atoms with E-state index >= 15 is 0 Å². The number of piperidine rings is 1. The Morgan fingerprint density at radius 3 is 2.36 bits per heavy atom. The number of carbonyl (C=O) groups excluding carboxylic acids is 1. The summed E-state index contributed by atoms with van der Waals surface area (Å²) >= 11 is 0. The molecule has 0 unspecified atom stereocenters. The standard InChI is InChI=1S/C22H28N2O.C3H3N5/c1-2-22(25)24(20-11-7-4-8-12-20)21-14-17-23(18-15-21)16-13-19-9-5-3-6-10-19;1-2-4-6-8-7-5-3-1/h3-12,21H,2,13-18H2,1H3;1-3H/b;2-1-,3-1?,4-2?,5-3-,6-4-,7-5?,8-6?,8-7-. The molecule has 0 saturated carbocycles. The number of allylic oxidation sites excluding steroid dienone is 1. The highest BCUT2D eigenvalue weighted by Gasteiger charge is 2.28. The van der Waals surface area contributed by atoms with E-state index in [-0.39, 0.29) is 5.91 Å². The van der Waals surface area contributed by atoms with Crippen molar-refractivity contribution in [2.24, 2.45) is 25.9 Å². The molecule has 0 atom stereocenters. The first-order valence-corrected chi connectivity index (χ1v) is 11.4. The van der Waals surface area contributed by atoms with E-state index in [0.29, 0.717) is 12.5 Å². The number of likely N-dealkylation sites (tertiary alicyclic amines) is 1. The number of nitrogens with zero attached hydrogens (tertiary/aromatic N) is 7. The van der Waals surface area contributed by atoms with E-state index in [9.17, 15) is 4.79 Å². The molecule has 33 heavy (non-hydrogen) atoms. The SMILES string of the molecule is C1=C\N=N/N=N\N=C/1.CCC(=O)N(c1ccccc1)C1CCN(CCc2ccccc2)CC1. The minimum atomic E-state index is 0.230. The number of hydrogen-bond acceptors (Lipinski definition) is 7. The van der Waals surface area contributed by atoms with Crippen LogP contribution in [0.5, 0.6) is 0 Å². The zero-order valence-corrected chi connectivity index (χ0v) is 19.1. The van der Waals surface area contributed by atoms with Gasteiger partial charge in [0.15, 0.2) is 0 Å². The van der Waals surface area contributed by atoms with Crippen LogP contribution in [0.2, 0.25) is 0 Å². The Kier molecular flexibility index (Phi) is 10.1. The number of rotatable bonds is 6. The quantitative estimate of drug-likeness (QED) is 0.592. The Morgan fingerprint density at radius 2 is 1.67 bits per heavy atom. The molecular weight excluding hydrogens is 414 g/mol. The third kappa shape index (κ3) is 8.16. The van der Waals surface area contributed by atoms with Gasteiger partial charge in [0, 0.05) is 37.8 Å². The molecule has 0 aliphatic carbocycles. The highest BCUT2D eigenvalue weighted by Crippen LogP contribution is 2.24. The van der Waals surface area contributed by atoms with Crippen LogP contribution >= 0.6 is 0 Å². The summed E-state index contributed by atoms with van der Waals surface area (Å²) in [5.41, 5.74) is 2.44. The van der Waals surface area contributed by atoms with Crippen LogP contribution in [0.4, 0.5) is 5.69 Å². The smallest absolute Gasteiger partial charge is 0.226 e. The first-order valence-electron chi connectivity index (χ1n) is 11.4. The fourth-order valence-electron chi connectivity index (χ4n) is 3.89. The Bertz CT molecular complexity index is 893. The molecule has 2 heterocycles. The van der Waals surface area contributed by atoms with Crippen molar-refractivity contribution in [2.75, 3.05) is 24.5 Å². The lowest BCUT2D eigenvalue weighted by molar-refractivity contribution is -0.119. The van der Waals surface area contributed by atoms with E-state index in [0.717, 1.165) is 44.6 Å². The van der Waals surface area contributed by atoms with Crippen molar-refractivity contribution in [3.05, 3.63) is 78.5 Å². The molecule has 0 radical (unpaired) electrons. The van der Waals surface area contributed by atoms with E-state index in [1.54, 1.807) is 6.08 Å². The molecule has 8 nitrogen and oxygen atoms in total. The van der Waals surface area contributed by atoms with Gasteiger partial charge in [-0.1, -0.05) is 55.5 Å². The van der Waals surface area contributed by atoms with Gasteiger partial charge in [0.05, 0.1) is 12.4 Å². The minimum Gasteiger partial charge on any atom is -0.309 e. The number of benzene rings is 2. The fourth-order valence-corrected chi connectivity index (χ4v) is 3.89. The zero-order valence-electron chi connectivity index (χ0n) is 19.1. The van der Waals surface area contributed by atoms with Gasteiger partial charge in [0.2, 0.25) is 5.91 Å². The van der Waals surface area contributed by atoms with Crippen LogP contribution in [0.15, 0.2) is 98.8 Å². The van der Waals surface area contributed by atoms with Crippen LogP contribution in [0.25, 0.3) is 0 Å². The zero-order chi connectivity index (χ0) is 23.1. The summed E-state index contributed by atoms with van der Waals surface area (Å²) in [6.45, 7) is 5.19. The second-order valence-electron chi connectivity index (χ2n) is 7.75. The molecule has 2 aliphatic heterocycles. The molecule has 0 N–H and O–H groups in total. The first-order chi connectivity index (χ1) is 16.3. The van der Waals surface area contributed by atoms with Crippen molar-refractivity contribution in [1.29, 1.82) is 0 Å². The Hall–Kier alpha value is -3.52. The average molecular weight is 446 g/mol. The molecule has 8 heteroatoms.